The number of aromatic nitrogens is 2. The molecule has 0 saturated heterocycles. The van der Waals surface area contributed by atoms with Crippen molar-refractivity contribution in [1.82, 2.24) is 10.2 Å². The summed E-state index contributed by atoms with van der Waals surface area (Å²) < 4.78 is 15.9. The third-order valence-electron chi connectivity index (χ3n) is 3.87. The molecule has 2 aromatic carbocycles. The monoisotopic (exact) mass is 353 g/mol. The molecule has 1 aromatic heterocycles. The molecule has 3 rings (SSSR count). The van der Waals surface area contributed by atoms with Crippen LogP contribution in [-0.2, 0) is 0 Å². The Hall–Kier alpha value is -3.48. The third-order valence-corrected chi connectivity index (χ3v) is 3.87. The second-order valence-electron chi connectivity index (χ2n) is 5.39. The first-order valence-electron chi connectivity index (χ1n) is 7.88. The Morgan fingerprint density at radius 2 is 1.65 bits per heavy atom. The van der Waals surface area contributed by atoms with E-state index in [0.717, 1.165) is 5.56 Å². The number of H-pyrrole nitrogens is 1. The van der Waals surface area contributed by atoms with Gasteiger partial charge in [-0.2, -0.15) is 5.10 Å². The molecular formula is C19H19N3O4. The molecule has 0 radical (unpaired) electrons. The first-order valence-corrected chi connectivity index (χ1v) is 7.88. The molecule has 0 aliphatic rings. The van der Waals surface area contributed by atoms with Crippen LogP contribution in [0.25, 0.3) is 11.3 Å². The zero-order valence-electron chi connectivity index (χ0n) is 14.7. The second kappa shape index (κ2) is 7.60. The van der Waals surface area contributed by atoms with Gasteiger partial charge in [0, 0.05) is 23.4 Å². The lowest BCUT2D eigenvalue weighted by Crippen LogP contribution is -2.12. The van der Waals surface area contributed by atoms with Crippen LogP contribution in [0.15, 0.2) is 48.7 Å². The molecule has 0 bridgehead atoms. The summed E-state index contributed by atoms with van der Waals surface area (Å²) in [7, 11) is 4.56. The van der Waals surface area contributed by atoms with Gasteiger partial charge in [-0.05, 0) is 0 Å². The molecule has 1 amide bonds. The van der Waals surface area contributed by atoms with Gasteiger partial charge >= 0.3 is 0 Å². The van der Waals surface area contributed by atoms with Crippen LogP contribution >= 0.6 is 0 Å². The molecule has 0 spiro atoms. The van der Waals surface area contributed by atoms with Crippen molar-refractivity contribution in [1.29, 1.82) is 0 Å². The minimum Gasteiger partial charge on any atom is -0.493 e. The topological polar surface area (TPSA) is 85.5 Å². The number of methoxy groups -OCH3 is 3. The Kier molecular flexibility index (Phi) is 5.07. The van der Waals surface area contributed by atoms with E-state index in [4.69, 9.17) is 14.2 Å². The molecular weight excluding hydrogens is 334 g/mol. The highest BCUT2D eigenvalue weighted by Crippen LogP contribution is 2.40. The third kappa shape index (κ3) is 3.32. The Bertz CT molecular complexity index is 881. The van der Waals surface area contributed by atoms with Crippen molar-refractivity contribution in [3.05, 3.63) is 54.2 Å². The van der Waals surface area contributed by atoms with Gasteiger partial charge in [0.25, 0.3) is 5.91 Å². The van der Waals surface area contributed by atoms with Crippen LogP contribution in [0.2, 0.25) is 0 Å². The Morgan fingerprint density at radius 3 is 2.23 bits per heavy atom. The number of aromatic amines is 1. The molecule has 0 unspecified atom stereocenters. The fourth-order valence-electron chi connectivity index (χ4n) is 2.63. The van der Waals surface area contributed by atoms with Crippen LogP contribution in [0.4, 0.5) is 5.69 Å². The molecule has 134 valence electrons. The molecule has 7 nitrogen and oxygen atoms in total. The van der Waals surface area contributed by atoms with Crippen molar-refractivity contribution < 1.29 is 19.0 Å². The number of anilines is 1. The van der Waals surface area contributed by atoms with Crippen molar-refractivity contribution in [2.75, 3.05) is 26.6 Å². The molecule has 0 aliphatic carbocycles. The quantitative estimate of drug-likeness (QED) is 0.710. The summed E-state index contributed by atoms with van der Waals surface area (Å²) >= 11 is 0. The van der Waals surface area contributed by atoms with Crippen LogP contribution in [0.1, 0.15) is 10.4 Å². The molecule has 3 aromatic rings. The average Bonchev–Trinajstić information content (AvgIpc) is 3.17. The first kappa shape index (κ1) is 17.3. The van der Waals surface area contributed by atoms with E-state index in [9.17, 15) is 4.79 Å². The van der Waals surface area contributed by atoms with Gasteiger partial charge in [0.2, 0.25) is 5.75 Å². The SMILES string of the molecule is COc1cc(NC(=O)c2cn[nH]c2-c2ccccc2)cc(OC)c1OC. The van der Waals surface area contributed by atoms with E-state index >= 15 is 0 Å². The number of carbonyl (C=O) groups is 1. The minimum atomic E-state index is -0.299. The summed E-state index contributed by atoms with van der Waals surface area (Å²) in [5.74, 6) is 1.07. The average molecular weight is 353 g/mol. The van der Waals surface area contributed by atoms with Crippen LogP contribution in [0.3, 0.4) is 0 Å². The fraction of sp³-hybridized carbons (Fsp3) is 0.158. The fourth-order valence-corrected chi connectivity index (χ4v) is 2.63. The first-order chi connectivity index (χ1) is 12.7. The van der Waals surface area contributed by atoms with Gasteiger partial charge in [0.05, 0.1) is 38.8 Å². The normalized spacial score (nSPS) is 10.3. The Morgan fingerprint density at radius 1 is 1.00 bits per heavy atom. The Labute approximate surface area is 150 Å². The zero-order valence-corrected chi connectivity index (χ0v) is 14.7. The van der Waals surface area contributed by atoms with E-state index < -0.39 is 0 Å². The summed E-state index contributed by atoms with van der Waals surface area (Å²) in [6, 6.07) is 12.9. The number of carbonyl (C=O) groups excluding carboxylic acids is 1. The van der Waals surface area contributed by atoms with Crippen LogP contribution in [-0.4, -0.2) is 37.4 Å². The smallest absolute Gasteiger partial charge is 0.259 e. The number of hydrogen-bond donors (Lipinski definition) is 2. The molecule has 2 N–H and O–H groups in total. The van der Waals surface area contributed by atoms with Crippen molar-refractivity contribution >= 4 is 11.6 Å². The van der Waals surface area contributed by atoms with E-state index in [1.54, 1.807) is 12.1 Å². The summed E-state index contributed by atoms with van der Waals surface area (Å²) in [5.41, 5.74) is 2.48. The summed E-state index contributed by atoms with van der Waals surface area (Å²) in [4.78, 5) is 12.7. The minimum absolute atomic E-state index is 0.299. The second-order valence-corrected chi connectivity index (χ2v) is 5.39. The molecule has 1 heterocycles. The zero-order chi connectivity index (χ0) is 18.5. The van der Waals surface area contributed by atoms with E-state index in [2.05, 4.69) is 15.5 Å². The van der Waals surface area contributed by atoms with E-state index in [0.29, 0.717) is 34.2 Å². The summed E-state index contributed by atoms with van der Waals surface area (Å²) in [6.45, 7) is 0. The van der Waals surface area contributed by atoms with Crippen molar-refractivity contribution in [3.8, 4) is 28.5 Å². The molecule has 0 atom stereocenters. The van der Waals surface area contributed by atoms with Crippen molar-refractivity contribution in [2.24, 2.45) is 0 Å². The maximum absolute atomic E-state index is 12.7. The molecule has 7 heteroatoms. The standard InChI is InChI=1S/C19H19N3O4/c1-24-15-9-13(10-16(25-2)18(15)26-3)21-19(23)14-11-20-22-17(14)12-7-5-4-6-8-12/h4-11H,1-3H3,(H,20,22)(H,21,23). The molecule has 0 saturated carbocycles. The lowest BCUT2D eigenvalue weighted by molar-refractivity contribution is 0.102. The predicted octanol–water partition coefficient (Wildman–Crippen LogP) is 3.35. The van der Waals surface area contributed by atoms with E-state index in [1.165, 1.54) is 27.5 Å². The highest BCUT2D eigenvalue weighted by Gasteiger charge is 2.18. The lowest BCUT2D eigenvalue weighted by Gasteiger charge is -2.14. The maximum Gasteiger partial charge on any atom is 0.259 e. The van der Waals surface area contributed by atoms with Gasteiger partial charge in [-0.15, -0.1) is 0 Å². The van der Waals surface area contributed by atoms with Crippen LogP contribution < -0.4 is 19.5 Å². The van der Waals surface area contributed by atoms with Gasteiger partial charge in [-0.1, -0.05) is 30.3 Å². The number of nitrogens with one attached hydrogen (secondary N) is 2. The number of ether oxygens (including phenoxy) is 3. The van der Waals surface area contributed by atoms with Crippen molar-refractivity contribution in [3.63, 3.8) is 0 Å². The largest absolute Gasteiger partial charge is 0.493 e. The summed E-state index contributed by atoms with van der Waals surface area (Å²) in [5, 5.41) is 9.71. The van der Waals surface area contributed by atoms with Crippen molar-refractivity contribution in [2.45, 2.75) is 0 Å². The van der Waals surface area contributed by atoms with Crippen LogP contribution in [0.5, 0.6) is 17.2 Å². The Balaban J connectivity index is 1.91. The molecule has 0 aliphatic heterocycles. The van der Waals surface area contributed by atoms with E-state index in [-0.39, 0.29) is 5.91 Å². The highest BCUT2D eigenvalue weighted by atomic mass is 16.5. The lowest BCUT2D eigenvalue weighted by atomic mass is 10.1. The number of amides is 1. The molecule has 26 heavy (non-hydrogen) atoms. The predicted molar refractivity (Wildman–Crippen MR) is 98.1 cm³/mol. The summed E-state index contributed by atoms with van der Waals surface area (Å²) in [6.07, 6.45) is 1.50. The van der Waals surface area contributed by atoms with Gasteiger partial charge in [-0.3, -0.25) is 9.89 Å². The number of nitrogens with zero attached hydrogens (tertiary/aromatic N) is 1. The highest BCUT2D eigenvalue weighted by molar-refractivity contribution is 6.08. The number of benzene rings is 2. The van der Waals surface area contributed by atoms with Crippen LogP contribution in [0, 0.1) is 0 Å². The van der Waals surface area contributed by atoms with Gasteiger partial charge in [-0.25, -0.2) is 0 Å². The number of hydrogen-bond acceptors (Lipinski definition) is 5. The van der Waals surface area contributed by atoms with Gasteiger partial charge < -0.3 is 19.5 Å². The maximum atomic E-state index is 12.7. The van der Waals surface area contributed by atoms with E-state index in [1.807, 2.05) is 30.3 Å². The van der Waals surface area contributed by atoms with Gasteiger partial charge in [0.1, 0.15) is 0 Å². The molecule has 0 fully saturated rings. The van der Waals surface area contributed by atoms with Gasteiger partial charge in [0.15, 0.2) is 11.5 Å². The number of rotatable bonds is 6.